The number of hydrogen-bond donors (Lipinski definition) is 2. The van der Waals surface area contributed by atoms with E-state index in [1.807, 2.05) is 5.43 Å². The monoisotopic (exact) mass is 254 g/mol. The van der Waals surface area contributed by atoms with E-state index in [4.69, 9.17) is 22.2 Å². The summed E-state index contributed by atoms with van der Waals surface area (Å²) in [5.74, 6) is 5.30. The minimum Gasteiger partial charge on any atom is -0.493 e. The van der Waals surface area contributed by atoms with E-state index < -0.39 is 11.4 Å². The second kappa shape index (κ2) is 4.94. The fourth-order valence-electron chi connectivity index (χ4n) is 1.41. The zero-order chi connectivity index (χ0) is 12.3. The molecule has 0 aliphatic heterocycles. The van der Waals surface area contributed by atoms with Crippen LogP contribution in [0.15, 0.2) is 6.20 Å². The summed E-state index contributed by atoms with van der Waals surface area (Å²) in [4.78, 5) is 0. The maximum Gasteiger partial charge on any atom is 0.343 e. The van der Waals surface area contributed by atoms with Crippen molar-refractivity contribution in [1.29, 1.82) is 0 Å². The zero-order valence-electron chi connectivity index (χ0n) is 8.88. The molecule has 1 aromatic rings. The van der Waals surface area contributed by atoms with Crippen molar-refractivity contribution in [1.82, 2.24) is 15.2 Å². The summed E-state index contributed by atoms with van der Waals surface area (Å²) < 4.78 is 32.5. The molecule has 5 nitrogen and oxygen atoms in total. The predicted molar refractivity (Wildman–Crippen MR) is 55.3 cm³/mol. The fourth-order valence-corrected chi connectivity index (χ4v) is 1.57. The lowest BCUT2D eigenvalue weighted by Crippen LogP contribution is -2.39. The number of halogens is 3. The summed E-state index contributed by atoms with van der Waals surface area (Å²) in [6, 6.07) is -1.56. The number of hydrogen-bond acceptors (Lipinski definition) is 4. The van der Waals surface area contributed by atoms with Crippen LogP contribution in [0.25, 0.3) is 0 Å². The van der Waals surface area contributed by atoms with Crippen molar-refractivity contribution < 1.29 is 13.5 Å². The van der Waals surface area contributed by atoms with Crippen molar-refractivity contribution in [3.63, 3.8) is 0 Å². The summed E-state index contributed by atoms with van der Waals surface area (Å²) in [5.41, 5.74) is 2.09. The Balaban J connectivity index is 3.21. The Kier molecular flexibility index (Phi) is 4.06. The molecule has 0 saturated carbocycles. The zero-order valence-corrected chi connectivity index (χ0v) is 9.63. The summed E-state index contributed by atoms with van der Waals surface area (Å²) in [7, 11) is 1.36. The van der Waals surface area contributed by atoms with Gasteiger partial charge in [-0.15, -0.1) is 0 Å². The number of nitrogens with two attached hydrogens (primary N) is 1. The lowest BCUT2D eigenvalue weighted by Gasteiger charge is -2.22. The first-order valence-electron chi connectivity index (χ1n) is 4.58. The Morgan fingerprint density at radius 1 is 1.75 bits per heavy atom. The molecular weight excluding hydrogens is 242 g/mol. The molecular formula is C8H13ClF2N4O. The summed E-state index contributed by atoms with van der Waals surface area (Å²) in [5, 5.41) is 0.359. The largest absolute Gasteiger partial charge is 0.493 e. The lowest BCUT2D eigenvalue weighted by molar-refractivity contribution is 0.0451. The van der Waals surface area contributed by atoms with Gasteiger partial charge in [0.1, 0.15) is 11.7 Å². The normalized spacial score (nSPS) is 13.9. The van der Waals surface area contributed by atoms with Gasteiger partial charge in [0.25, 0.3) is 0 Å². The summed E-state index contributed by atoms with van der Waals surface area (Å²) in [6.45, 7) is 2.17. The number of nitrogens with zero attached hydrogens (tertiary/aromatic N) is 2. The highest BCUT2D eigenvalue weighted by atomic mass is 35.5. The molecule has 0 aliphatic rings. The van der Waals surface area contributed by atoms with E-state index in [9.17, 15) is 8.78 Å². The van der Waals surface area contributed by atoms with Crippen molar-refractivity contribution >= 4 is 11.6 Å². The van der Waals surface area contributed by atoms with Gasteiger partial charge < -0.3 is 4.74 Å². The van der Waals surface area contributed by atoms with Crippen LogP contribution in [0.3, 0.4) is 0 Å². The number of methoxy groups -OCH3 is 1. The Labute approximate surface area is 96.5 Å². The average Bonchev–Trinajstić information content (AvgIpc) is 2.60. The van der Waals surface area contributed by atoms with E-state index in [-0.39, 0.29) is 11.4 Å². The van der Waals surface area contributed by atoms with Gasteiger partial charge in [-0.05, 0) is 18.5 Å². The first-order valence-corrected chi connectivity index (χ1v) is 4.96. The molecule has 92 valence electrons. The van der Waals surface area contributed by atoms with E-state index in [2.05, 4.69) is 5.10 Å². The number of hydrazine groups is 1. The minimum absolute atomic E-state index is 0.118. The number of aryl methyl sites for hydroxylation is 1. The molecule has 16 heavy (non-hydrogen) atoms. The Morgan fingerprint density at radius 3 is 2.75 bits per heavy atom. The van der Waals surface area contributed by atoms with Crippen LogP contribution in [0.1, 0.15) is 18.7 Å². The molecule has 1 unspecified atom stereocenters. The Hall–Kier alpha value is -0.920. The van der Waals surface area contributed by atoms with Crippen molar-refractivity contribution in [3.8, 4) is 5.75 Å². The first-order chi connectivity index (χ1) is 7.45. The van der Waals surface area contributed by atoms with E-state index >= 15 is 0 Å². The molecule has 0 spiro atoms. The maximum atomic E-state index is 13.1. The van der Waals surface area contributed by atoms with Crippen LogP contribution >= 0.6 is 11.6 Å². The van der Waals surface area contributed by atoms with Crippen LogP contribution in [0.4, 0.5) is 8.78 Å². The standard InChI is InChI=1S/C8H13ClF2N4O/c1-3-15-6(5(16-2)4-13-15)7(14-12)8(9,10)11/h4,7,14H,3,12H2,1-2H3. The van der Waals surface area contributed by atoms with Crippen molar-refractivity contribution in [2.45, 2.75) is 24.9 Å². The van der Waals surface area contributed by atoms with Gasteiger partial charge in [-0.3, -0.25) is 10.5 Å². The predicted octanol–water partition coefficient (Wildman–Crippen LogP) is 1.25. The van der Waals surface area contributed by atoms with Crippen molar-refractivity contribution in [3.05, 3.63) is 11.9 Å². The van der Waals surface area contributed by atoms with Crippen LogP contribution < -0.4 is 16.0 Å². The minimum atomic E-state index is -3.53. The molecule has 0 amide bonds. The summed E-state index contributed by atoms with van der Waals surface area (Å²) >= 11 is 4.98. The number of ether oxygens (including phenoxy) is 1. The van der Waals surface area contributed by atoms with E-state index in [1.165, 1.54) is 18.0 Å². The molecule has 0 aromatic carbocycles. The quantitative estimate of drug-likeness (QED) is 0.472. The van der Waals surface area contributed by atoms with Gasteiger partial charge in [0.05, 0.1) is 13.3 Å². The fraction of sp³-hybridized carbons (Fsp3) is 0.625. The van der Waals surface area contributed by atoms with Gasteiger partial charge in [0.2, 0.25) is 0 Å². The van der Waals surface area contributed by atoms with Crippen LogP contribution in [0.5, 0.6) is 5.75 Å². The second-order valence-electron chi connectivity index (χ2n) is 3.06. The highest BCUT2D eigenvalue weighted by Gasteiger charge is 2.41. The molecule has 0 aliphatic carbocycles. The molecule has 0 fully saturated rings. The lowest BCUT2D eigenvalue weighted by atomic mass is 10.2. The van der Waals surface area contributed by atoms with Crippen LogP contribution in [0, 0.1) is 0 Å². The van der Waals surface area contributed by atoms with Crippen LogP contribution in [-0.2, 0) is 6.54 Å². The Bertz CT molecular complexity index is 331. The van der Waals surface area contributed by atoms with E-state index in [0.717, 1.165) is 0 Å². The Morgan fingerprint density at radius 2 is 2.38 bits per heavy atom. The van der Waals surface area contributed by atoms with Gasteiger partial charge in [-0.2, -0.15) is 13.9 Å². The molecule has 0 radical (unpaired) electrons. The third-order valence-corrected chi connectivity index (χ3v) is 2.35. The molecule has 3 N–H and O–H groups in total. The number of rotatable bonds is 5. The molecule has 8 heteroatoms. The number of alkyl halides is 3. The molecule has 1 heterocycles. The number of nitrogens with one attached hydrogen (secondary N) is 1. The molecule has 0 bridgehead atoms. The van der Waals surface area contributed by atoms with Gasteiger partial charge in [-0.25, -0.2) is 5.43 Å². The SMILES string of the molecule is CCn1ncc(OC)c1C(NN)C(F)(F)Cl. The molecule has 1 rings (SSSR count). The first kappa shape index (κ1) is 13.1. The highest BCUT2D eigenvalue weighted by molar-refractivity contribution is 6.22. The van der Waals surface area contributed by atoms with Crippen molar-refractivity contribution in [2.75, 3.05) is 7.11 Å². The van der Waals surface area contributed by atoms with E-state index in [1.54, 1.807) is 6.92 Å². The van der Waals surface area contributed by atoms with Gasteiger partial charge >= 0.3 is 5.38 Å². The molecule has 1 atom stereocenters. The average molecular weight is 255 g/mol. The van der Waals surface area contributed by atoms with Gasteiger partial charge in [0, 0.05) is 6.54 Å². The van der Waals surface area contributed by atoms with Crippen LogP contribution in [0.2, 0.25) is 0 Å². The van der Waals surface area contributed by atoms with Crippen LogP contribution in [-0.4, -0.2) is 22.3 Å². The van der Waals surface area contributed by atoms with Crippen molar-refractivity contribution in [2.24, 2.45) is 5.84 Å². The van der Waals surface area contributed by atoms with Gasteiger partial charge in [-0.1, -0.05) is 0 Å². The van der Waals surface area contributed by atoms with Gasteiger partial charge in [0.15, 0.2) is 5.75 Å². The summed E-state index contributed by atoms with van der Waals surface area (Å²) in [6.07, 6.45) is 1.34. The topological polar surface area (TPSA) is 65.1 Å². The molecule has 0 saturated heterocycles. The molecule has 1 aromatic heterocycles. The van der Waals surface area contributed by atoms with E-state index in [0.29, 0.717) is 6.54 Å². The smallest absolute Gasteiger partial charge is 0.343 e. The highest BCUT2D eigenvalue weighted by Crippen LogP contribution is 2.38. The number of aromatic nitrogens is 2. The second-order valence-corrected chi connectivity index (χ2v) is 3.56. The third-order valence-electron chi connectivity index (χ3n) is 2.13. The maximum absolute atomic E-state index is 13.1. The third kappa shape index (κ3) is 2.42.